The number of methoxy groups -OCH3 is 1. The van der Waals surface area contributed by atoms with Crippen molar-refractivity contribution in [1.82, 2.24) is 9.55 Å². The van der Waals surface area contributed by atoms with E-state index in [1.165, 1.54) is 24.8 Å². The number of nitrogens with zero attached hydrogens (tertiary/aromatic N) is 2. The summed E-state index contributed by atoms with van der Waals surface area (Å²) in [5.41, 5.74) is 1.23. The summed E-state index contributed by atoms with van der Waals surface area (Å²) < 4.78 is 7.27. The van der Waals surface area contributed by atoms with Gasteiger partial charge in [-0.2, -0.15) is 0 Å². The molecular formula is C17H22N2O. The molecule has 2 rings (SSSR count). The molecule has 0 fully saturated rings. The first-order valence-corrected chi connectivity index (χ1v) is 7.15. The van der Waals surface area contributed by atoms with E-state index in [-0.39, 0.29) is 0 Å². The maximum absolute atomic E-state index is 5.14. The molecule has 0 unspecified atom stereocenters. The molecule has 2 aromatic rings. The summed E-state index contributed by atoms with van der Waals surface area (Å²) in [6.45, 7) is 1.07. The van der Waals surface area contributed by atoms with Gasteiger partial charge in [-0.1, -0.05) is 30.7 Å². The topological polar surface area (TPSA) is 27.1 Å². The molecule has 0 saturated heterocycles. The minimum absolute atomic E-state index is 0.904. The quantitative estimate of drug-likeness (QED) is 0.673. The maximum Gasteiger partial charge on any atom is 0.118 e. The highest BCUT2D eigenvalue weighted by atomic mass is 16.5. The SMILES string of the molecule is COc1ccc(C=CCCCCCn2ccnc2)cc1. The fraction of sp³-hybridized carbons (Fsp3) is 0.353. The highest BCUT2D eigenvalue weighted by Crippen LogP contribution is 2.13. The van der Waals surface area contributed by atoms with Crippen molar-refractivity contribution in [2.75, 3.05) is 7.11 Å². The molecule has 0 spiro atoms. The molecular weight excluding hydrogens is 248 g/mol. The second-order valence-corrected chi connectivity index (χ2v) is 4.83. The summed E-state index contributed by atoms with van der Waals surface area (Å²) >= 11 is 0. The summed E-state index contributed by atoms with van der Waals surface area (Å²) in [6, 6.07) is 8.14. The van der Waals surface area contributed by atoms with E-state index in [4.69, 9.17) is 4.74 Å². The molecule has 3 heteroatoms. The minimum Gasteiger partial charge on any atom is -0.497 e. The second-order valence-electron chi connectivity index (χ2n) is 4.83. The number of unbranched alkanes of at least 4 members (excludes halogenated alkanes) is 3. The van der Waals surface area contributed by atoms with Crippen molar-refractivity contribution in [3.05, 3.63) is 54.6 Å². The lowest BCUT2D eigenvalue weighted by Gasteiger charge is -2.01. The molecule has 1 aromatic heterocycles. The van der Waals surface area contributed by atoms with Crippen molar-refractivity contribution in [2.24, 2.45) is 0 Å². The third kappa shape index (κ3) is 4.92. The lowest BCUT2D eigenvalue weighted by Crippen LogP contribution is -1.93. The smallest absolute Gasteiger partial charge is 0.118 e. The van der Waals surface area contributed by atoms with Gasteiger partial charge in [0.25, 0.3) is 0 Å². The number of ether oxygens (including phenoxy) is 1. The first kappa shape index (κ1) is 14.4. The average molecular weight is 270 g/mol. The first-order chi connectivity index (χ1) is 9.88. The van der Waals surface area contributed by atoms with E-state index < -0.39 is 0 Å². The number of imidazole rings is 1. The summed E-state index contributed by atoms with van der Waals surface area (Å²) in [5, 5.41) is 0. The van der Waals surface area contributed by atoms with E-state index in [0.717, 1.165) is 18.7 Å². The van der Waals surface area contributed by atoms with E-state index in [9.17, 15) is 0 Å². The van der Waals surface area contributed by atoms with Crippen molar-refractivity contribution < 1.29 is 4.74 Å². The predicted molar refractivity (Wildman–Crippen MR) is 82.7 cm³/mol. The molecule has 20 heavy (non-hydrogen) atoms. The Morgan fingerprint density at radius 2 is 2.00 bits per heavy atom. The molecule has 0 N–H and O–H groups in total. The Kier molecular flexibility index (Phi) is 5.90. The molecule has 1 heterocycles. The van der Waals surface area contributed by atoms with Crippen LogP contribution in [-0.4, -0.2) is 16.7 Å². The lowest BCUT2D eigenvalue weighted by atomic mass is 10.1. The van der Waals surface area contributed by atoms with Gasteiger partial charge >= 0.3 is 0 Å². The van der Waals surface area contributed by atoms with Crippen molar-refractivity contribution in [3.8, 4) is 5.75 Å². The van der Waals surface area contributed by atoms with Gasteiger partial charge in [-0.3, -0.25) is 0 Å². The van der Waals surface area contributed by atoms with Crippen molar-refractivity contribution in [1.29, 1.82) is 0 Å². The molecule has 0 radical (unpaired) electrons. The van der Waals surface area contributed by atoms with Crippen LogP contribution in [0.25, 0.3) is 6.08 Å². The Balaban J connectivity index is 1.59. The van der Waals surface area contributed by atoms with Gasteiger partial charge in [-0.05, 0) is 37.0 Å². The summed E-state index contributed by atoms with van der Waals surface area (Å²) in [7, 11) is 1.69. The molecule has 106 valence electrons. The van der Waals surface area contributed by atoms with Crippen LogP contribution in [0.2, 0.25) is 0 Å². The number of hydrogen-bond acceptors (Lipinski definition) is 2. The summed E-state index contributed by atoms with van der Waals surface area (Å²) in [6.07, 6.45) is 15.0. The van der Waals surface area contributed by atoms with Gasteiger partial charge in [0.2, 0.25) is 0 Å². The van der Waals surface area contributed by atoms with E-state index in [0.29, 0.717) is 0 Å². The number of benzene rings is 1. The standard InChI is InChI=1S/C17H22N2O/c1-20-17-10-8-16(9-11-17)7-5-3-2-4-6-13-19-14-12-18-15-19/h5,7-12,14-15H,2-4,6,13H2,1H3. The van der Waals surface area contributed by atoms with E-state index in [1.807, 2.05) is 30.9 Å². The third-order valence-electron chi connectivity index (χ3n) is 3.27. The Labute approximate surface area is 120 Å². The summed E-state index contributed by atoms with van der Waals surface area (Å²) in [4.78, 5) is 4.04. The predicted octanol–water partition coefficient (Wildman–Crippen LogP) is 4.17. The molecule has 0 aliphatic rings. The number of allylic oxidation sites excluding steroid dienone is 1. The van der Waals surface area contributed by atoms with Gasteiger partial charge in [-0.15, -0.1) is 0 Å². The molecule has 0 amide bonds. The normalized spacial score (nSPS) is 11.1. The molecule has 0 bridgehead atoms. The van der Waals surface area contributed by atoms with Crippen LogP contribution in [-0.2, 0) is 6.54 Å². The lowest BCUT2D eigenvalue weighted by molar-refractivity contribution is 0.415. The van der Waals surface area contributed by atoms with E-state index >= 15 is 0 Å². The molecule has 1 aromatic carbocycles. The zero-order chi connectivity index (χ0) is 14.0. The van der Waals surface area contributed by atoms with Crippen molar-refractivity contribution in [3.63, 3.8) is 0 Å². The van der Waals surface area contributed by atoms with Crippen LogP contribution in [0.1, 0.15) is 31.2 Å². The highest BCUT2D eigenvalue weighted by Gasteiger charge is 1.92. The van der Waals surface area contributed by atoms with Gasteiger partial charge in [0.15, 0.2) is 0 Å². The fourth-order valence-electron chi connectivity index (χ4n) is 2.09. The van der Waals surface area contributed by atoms with Crippen LogP contribution in [0.15, 0.2) is 49.1 Å². The highest BCUT2D eigenvalue weighted by molar-refractivity contribution is 5.50. The number of rotatable bonds is 8. The van der Waals surface area contributed by atoms with Crippen molar-refractivity contribution in [2.45, 2.75) is 32.2 Å². The van der Waals surface area contributed by atoms with E-state index in [1.54, 1.807) is 7.11 Å². The zero-order valence-corrected chi connectivity index (χ0v) is 12.0. The molecule has 3 nitrogen and oxygen atoms in total. The van der Waals surface area contributed by atoms with Gasteiger partial charge < -0.3 is 9.30 Å². The second kappa shape index (κ2) is 8.20. The monoisotopic (exact) mass is 270 g/mol. The fourth-order valence-corrected chi connectivity index (χ4v) is 2.09. The molecule has 0 aliphatic carbocycles. The van der Waals surface area contributed by atoms with Gasteiger partial charge in [0, 0.05) is 18.9 Å². The first-order valence-electron chi connectivity index (χ1n) is 7.15. The van der Waals surface area contributed by atoms with Gasteiger partial charge in [0.05, 0.1) is 13.4 Å². The third-order valence-corrected chi connectivity index (χ3v) is 3.27. The van der Waals surface area contributed by atoms with Crippen LogP contribution in [0.3, 0.4) is 0 Å². The number of aryl methyl sites for hydroxylation is 1. The Bertz CT molecular complexity index is 500. The van der Waals surface area contributed by atoms with Gasteiger partial charge in [0.1, 0.15) is 5.75 Å². The Morgan fingerprint density at radius 3 is 2.70 bits per heavy atom. The maximum atomic E-state index is 5.14. The van der Waals surface area contributed by atoms with E-state index in [2.05, 4.69) is 33.8 Å². The zero-order valence-electron chi connectivity index (χ0n) is 12.0. The molecule has 0 saturated carbocycles. The summed E-state index contributed by atoms with van der Waals surface area (Å²) in [5.74, 6) is 0.904. The minimum atomic E-state index is 0.904. The van der Waals surface area contributed by atoms with Crippen LogP contribution < -0.4 is 4.74 Å². The average Bonchev–Trinajstić information content (AvgIpc) is 3.00. The van der Waals surface area contributed by atoms with Crippen molar-refractivity contribution >= 4 is 6.08 Å². The largest absolute Gasteiger partial charge is 0.497 e. The Morgan fingerprint density at radius 1 is 1.15 bits per heavy atom. The van der Waals surface area contributed by atoms with Crippen LogP contribution in [0.5, 0.6) is 5.75 Å². The molecule has 0 atom stereocenters. The van der Waals surface area contributed by atoms with Crippen LogP contribution >= 0.6 is 0 Å². The van der Waals surface area contributed by atoms with Gasteiger partial charge in [-0.25, -0.2) is 4.98 Å². The molecule has 0 aliphatic heterocycles. The number of aromatic nitrogens is 2. The van der Waals surface area contributed by atoms with Crippen LogP contribution in [0.4, 0.5) is 0 Å². The van der Waals surface area contributed by atoms with Crippen LogP contribution in [0, 0.1) is 0 Å². The Hall–Kier alpha value is -2.03. The number of hydrogen-bond donors (Lipinski definition) is 0.